The van der Waals surface area contributed by atoms with E-state index in [2.05, 4.69) is 59.8 Å². The molecular weight excluding hydrogens is 576 g/mol. The Balaban J connectivity index is 1.53. The number of anilines is 3. The van der Waals surface area contributed by atoms with Crippen molar-refractivity contribution >= 4 is 55.9 Å². The second-order valence-electron chi connectivity index (χ2n) is 9.33. The highest BCUT2D eigenvalue weighted by atomic mass is 79.9. The Bertz CT molecular complexity index is 1350. The normalized spacial score (nSPS) is 14.9. The lowest BCUT2D eigenvalue weighted by atomic mass is 10.1. The molecule has 0 spiro atoms. The zero-order valence-electron chi connectivity index (χ0n) is 22.9. The molecule has 1 saturated heterocycles. The number of nitrogens with zero attached hydrogens (tertiary/aromatic N) is 4. The molecule has 0 aliphatic carbocycles. The summed E-state index contributed by atoms with van der Waals surface area (Å²) in [6.45, 7) is 11.8. The third-order valence-electron chi connectivity index (χ3n) is 6.63. The lowest BCUT2D eigenvalue weighted by molar-refractivity contribution is -0.143. The molecule has 1 amide bonds. The fourth-order valence-corrected chi connectivity index (χ4v) is 4.98. The molecular formula is C29H35BrN6O4. The van der Waals surface area contributed by atoms with Gasteiger partial charge in [0.05, 0.1) is 24.2 Å². The maximum absolute atomic E-state index is 12.3. The fraction of sp³-hybridized carbons (Fsp3) is 0.379. The van der Waals surface area contributed by atoms with Crippen LogP contribution in [0, 0.1) is 0 Å². The van der Waals surface area contributed by atoms with Crippen molar-refractivity contribution in [1.29, 1.82) is 0 Å². The Kier molecular flexibility index (Phi) is 10.5. The van der Waals surface area contributed by atoms with Gasteiger partial charge in [-0.2, -0.15) is 0 Å². The Morgan fingerprint density at radius 3 is 2.65 bits per heavy atom. The van der Waals surface area contributed by atoms with Crippen molar-refractivity contribution < 1.29 is 19.1 Å². The number of amides is 1. The smallest absolute Gasteiger partial charge is 0.307 e. The lowest BCUT2D eigenvalue weighted by Crippen LogP contribution is -2.52. The van der Waals surface area contributed by atoms with Crippen LogP contribution in [0.1, 0.15) is 26.7 Å². The highest BCUT2D eigenvalue weighted by Crippen LogP contribution is 2.35. The number of hydrogen-bond donors (Lipinski definition) is 2. The van der Waals surface area contributed by atoms with Crippen molar-refractivity contribution in [3.8, 4) is 5.75 Å². The summed E-state index contributed by atoms with van der Waals surface area (Å²) in [4.78, 5) is 37.5. The Labute approximate surface area is 242 Å². The van der Waals surface area contributed by atoms with Gasteiger partial charge in [0.15, 0.2) is 6.23 Å². The number of ether oxygens (including phenoxy) is 2. The maximum Gasteiger partial charge on any atom is 0.307 e. The van der Waals surface area contributed by atoms with Gasteiger partial charge < -0.3 is 25.0 Å². The van der Waals surface area contributed by atoms with Crippen LogP contribution in [-0.4, -0.2) is 77.2 Å². The van der Waals surface area contributed by atoms with Crippen LogP contribution < -0.4 is 15.4 Å². The van der Waals surface area contributed by atoms with Gasteiger partial charge in [-0.15, -0.1) is 0 Å². The van der Waals surface area contributed by atoms with E-state index < -0.39 is 0 Å². The summed E-state index contributed by atoms with van der Waals surface area (Å²) >= 11 is 3.49. The first-order chi connectivity index (χ1) is 19.4. The van der Waals surface area contributed by atoms with Crippen LogP contribution in [0.15, 0.2) is 59.9 Å². The highest BCUT2D eigenvalue weighted by Gasteiger charge is 2.26. The monoisotopic (exact) mass is 610 g/mol. The zero-order chi connectivity index (χ0) is 28.5. The van der Waals surface area contributed by atoms with E-state index in [9.17, 15) is 9.59 Å². The van der Waals surface area contributed by atoms with E-state index >= 15 is 0 Å². The molecule has 1 aromatic heterocycles. The largest absolute Gasteiger partial charge is 0.473 e. The molecule has 1 atom stereocenters. The molecule has 0 bridgehead atoms. The van der Waals surface area contributed by atoms with Crippen LogP contribution in [0.4, 0.5) is 17.2 Å². The number of nitrogens with one attached hydrogen (secondary N) is 2. The van der Waals surface area contributed by atoms with Crippen LogP contribution in [0.25, 0.3) is 10.9 Å². The quantitative estimate of drug-likeness (QED) is 0.217. The molecule has 2 heterocycles. The van der Waals surface area contributed by atoms with Crippen molar-refractivity contribution in [3.63, 3.8) is 0 Å². The third-order valence-corrected chi connectivity index (χ3v) is 7.12. The van der Waals surface area contributed by atoms with E-state index in [1.165, 1.54) is 12.4 Å². The summed E-state index contributed by atoms with van der Waals surface area (Å²) < 4.78 is 12.5. The minimum atomic E-state index is -0.342. The number of carbonyl (C=O) groups excluding carboxylic acids is 2. The first kappa shape index (κ1) is 29.4. The summed E-state index contributed by atoms with van der Waals surface area (Å²) in [6, 6.07) is 11.4. The van der Waals surface area contributed by atoms with Crippen LogP contribution in [0.3, 0.4) is 0 Å². The van der Waals surface area contributed by atoms with Crippen LogP contribution in [-0.2, 0) is 14.3 Å². The fourth-order valence-electron chi connectivity index (χ4n) is 4.59. The third kappa shape index (κ3) is 7.77. The van der Waals surface area contributed by atoms with Crippen molar-refractivity contribution in [2.45, 2.75) is 32.9 Å². The van der Waals surface area contributed by atoms with Crippen molar-refractivity contribution in [3.05, 3.63) is 59.9 Å². The topological polar surface area (TPSA) is 109 Å². The number of hydrogen-bond acceptors (Lipinski definition) is 9. The van der Waals surface area contributed by atoms with Gasteiger partial charge in [-0.25, -0.2) is 9.97 Å². The SMILES string of the molecule is C=CC(=O)Nc1cc2c(Nc3cccc(Br)c3)ncnc2cc1OC(CC)N1CCN(CCC(=O)OCC)CC1. The van der Waals surface area contributed by atoms with E-state index in [0.717, 1.165) is 48.1 Å². The average Bonchev–Trinajstić information content (AvgIpc) is 2.95. The van der Waals surface area contributed by atoms with E-state index in [0.29, 0.717) is 42.3 Å². The second-order valence-corrected chi connectivity index (χ2v) is 10.2. The summed E-state index contributed by atoms with van der Waals surface area (Å²) in [5, 5.41) is 6.96. The van der Waals surface area contributed by atoms with Crippen LogP contribution >= 0.6 is 15.9 Å². The van der Waals surface area contributed by atoms with E-state index in [4.69, 9.17) is 9.47 Å². The van der Waals surface area contributed by atoms with Crippen molar-refractivity contribution in [2.75, 3.05) is 50.0 Å². The zero-order valence-corrected chi connectivity index (χ0v) is 24.4. The van der Waals surface area contributed by atoms with Gasteiger partial charge in [-0.3, -0.25) is 14.5 Å². The summed E-state index contributed by atoms with van der Waals surface area (Å²) in [5.41, 5.74) is 2.05. The molecule has 2 aromatic carbocycles. The molecule has 3 aromatic rings. The average molecular weight is 612 g/mol. The number of halogens is 1. The number of benzene rings is 2. The van der Waals surface area contributed by atoms with Gasteiger partial charge in [0.2, 0.25) is 5.91 Å². The van der Waals surface area contributed by atoms with Gasteiger partial charge in [-0.1, -0.05) is 35.5 Å². The maximum atomic E-state index is 12.3. The molecule has 0 saturated carbocycles. The minimum absolute atomic E-state index is 0.163. The molecule has 212 valence electrons. The molecule has 2 N–H and O–H groups in total. The lowest BCUT2D eigenvalue weighted by Gasteiger charge is -2.39. The Morgan fingerprint density at radius 1 is 1.15 bits per heavy atom. The molecule has 4 rings (SSSR count). The molecule has 1 fully saturated rings. The van der Waals surface area contributed by atoms with E-state index in [-0.39, 0.29) is 18.1 Å². The molecule has 1 aliphatic heterocycles. The molecule has 1 unspecified atom stereocenters. The molecule has 0 radical (unpaired) electrons. The predicted molar refractivity (Wildman–Crippen MR) is 160 cm³/mol. The number of esters is 1. The van der Waals surface area contributed by atoms with Gasteiger partial charge in [-0.05, 0) is 43.7 Å². The summed E-state index contributed by atoms with van der Waals surface area (Å²) in [5.74, 6) is 0.621. The summed E-state index contributed by atoms with van der Waals surface area (Å²) in [6.07, 6.45) is 3.66. The number of rotatable bonds is 12. The van der Waals surface area contributed by atoms with Gasteiger partial charge >= 0.3 is 5.97 Å². The molecule has 10 nitrogen and oxygen atoms in total. The van der Waals surface area contributed by atoms with Crippen molar-refractivity contribution in [2.24, 2.45) is 0 Å². The first-order valence-electron chi connectivity index (χ1n) is 13.4. The van der Waals surface area contributed by atoms with Gasteiger partial charge in [0.25, 0.3) is 0 Å². The number of piperazine rings is 1. The Hall–Kier alpha value is -3.54. The van der Waals surface area contributed by atoms with Gasteiger partial charge in [0.1, 0.15) is 17.9 Å². The molecule has 1 aliphatic rings. The Morgan fingerprint density at radius 2 is 1.95 bits per heavy atom. The number of carbonyl (C=O) groups is 2. The molecule has 40 heavy (non-hydrogen) atoms. The van der Waals surface area contributed by atoms with Gasteiger partial charge in [0, 0.05) is 54.3 Å². The van der Waals surface area contributed by atoms with E-state index in [1.807, 2.05) is 43.3 Å². The number of aromatic nitrogens is 2. The number of fused-ring (bicyclic) bond motifs is 1. The standard InChI is InChI=1S/C29H35BrN6O4/c1-4-26(37)34-24-17-22-23(31-19-32-29(22)33-21-9-7-8-20(30)16-21)18-25(24)40-27(5-2)36-14-12-35(13-15-36)11-10-28(38)39-6-3/h4,7-9,16-19,27H,1,5-6,10-15H2,2-3H3,(H,34,37)(H,31,32,33). The van der Waals surface area contributed by atoms with Crippen LogP contribution in [0.2, 0.25) is 0 Å². The first-order valence-corrected chi connectivity index (χ1v) is 14.2. The summed E-state index contributed by atoms with van der Waals surface area (Å²) in [7, 11) is 0. The van der Waals surface area contributed by atoms with E-state index in [1.54, 1.807) is 0 Å². The molecule has 11 heteroatoms. The minimum Gasteiger partial charge on any atom is -0.473 e. The van der Waals surface area contributed by atoms with Crippen molar-refractivity contribution in [1.82, 2.24) is 19.8 Å². The predicted octanol–water partition coefficient (Wildman–Crippen LogP) is 4.95. The van der Waals surface area contributed by atoms with Crippen LogP contribution in [0.5, 0.6) is 5.75 Å². The second kappa shape index (κ2) is 14.2. The highest BCUT2D eigenvalue weighted by molar-refractivity contribution is 9.10.